The molecule has 4 aliphatic rings. The molecule has 4 aromatic rings. The number of fused-ring (bicyclic) bond motifs is 2. The third kappa shape index (κ3) is 8.20. The summed E-state index contributed by atoms with van der Waals surface area (Å²) in [5.41, 5.74) is 0.00610. The standard InChI is InChI=1S/C20H22F3N5O3.C19H20F3N5O3/c1-12-8-26-13(3-4-24-26)9-25(12)19(31)28(14-5-15(21)18(23)16(22)6-14)27-10-20(2,11-29)7-17(27)30;1-10-8-26-15(3-4-23-26)18(25-9-12(30-2)7-16(25)28)27(10)19(29)24-11-5-13(20)17(22)14(21)6-11/h3-6,12,29H,7-11H2,1-2H3;3-6,10,12,18H,7-9H2,1-2H3,(H,24,29)/t;10?,12-,18?/m.0/s1. The number of aliphatic hydroxyl groups is 1. The average Bonchev–Trinajstić information content (AvgIpc) is 4.02. The first kappa shape index (κ1) is 42.9. The number of hydrazine groups is 1. The summed E-state index contributed by atoms with van der Waals surface area (Å²) in [5.74, 6) is -9.75. The molecule has 0 aliphatic carbocycles. The molecule has 0 saturated carbocycles. The van der Waals surface area contributed by atoms with E-state index < -0.39 is 70.5 Å². The van der Waals surface area contributed by atoms with Gasteiger partial charge in [0.2, 0.25) is 11.8 Å². The molecule has 61 heavy (non-hydrogen) atoms. The van der Waals surface area contributed by atoms with Crippen LogP contribution in [0.2, 0.25) is 0 Å². The van der Waals surface area contributed by atoms with Crippen molar-refractivity contribution in [1.82, 2.24) is 39.3 Å². The Bertz CT molecular complexity index is 2320. The summed E-state index contributed by atoms with van der Waals surface area (Å²) in [7, 11) is 1.51. The first-order chi connectivity index (χ1) is 28.9. The number of anilines is 2. The molecule has 6 heterocycles. The zero-order valence-electron chi connectivity index (χ0n) is 33.4. The van der Waals surface area contributed by atoms with Gasteiger partial charge in [-0.3, -0.25) is 23.9 Å². The molecule has 326 valence electrons. The van der Waals surface area contributed by atoms with Crippen LogP contribution in [-0.4, -0.2) is 113 Å². The number of halogens is 6. The van der Waals surface area contributed by atoms with E-state index in [9.17, 15) is 50.6 Å². The maximum atomic E-state index is 14.0. The van der Waals surface area contributed by atoms with E-state index in [-0.39, 0.29) is 68.5 Å². The summed E-state index contributed by atoms with van der Waals surface area (Å²) < 4.78 is 90.7. The third-order valence-electron chi connectivity index (χ3n) is 11.2. The van der Waals surface area contributed by atoms with E-state index in [4.69, 9.17) is 4.74 Å². The van der Waals surface area contributed by atoms with E-state index in [0.717, 1.165) is 15.7 Å². The van der Waals surface area contributed by atoms with Crippen molar-refractivity contribution in [3.63, 3.8) is 0 Å². The number of carbonyl (C=O) groups is 4. The Morgan fingerprint density at radius 1 is 0.885 bits per heavy atom. The van der Waals surface area contributed by atoms with Gasteiger partial charge in [0.1, 0.15) is 0 Å². The average molecular weight is 861 g/mol. The Kier molecular flexibility index (Phi) is 11.8. The molecule has 0 spiro atoms. The predicted octanol–water partition coefficient (Wildman–Crippen LogP) is 4.76. The number of amides is 6. The number of carbonyl (C=O) groups excluding carboxylic acids is 4. The fourth-order valence-corrected chi connectivity index (χ4v) is 7.95. The van der Waals surface area contributed by atoms with Crippen LogP contribution >= 0.6 is 0 Å². The quantitative estimate of drug-likeness (QED) is 0.207. The number of methoxy groups -OCH3 is 1. The number of urea groups is 2. The minimum Gasteiger partial charge on any atom is -0.396 e. The zero-order valence-corrected chi connectivity index (χ0v) is 33.4. The Labute approximate surface area is 344 Å². The molecule has 8 rings (SSSR count). The van der Waals surface area contributed by atoms with Crippen molar-refractivity contribution in [3.05, 3.63) is 95.1 Å². The van der Waals surface area contributed by atoms with Gasteiger partial charge in [-0.2, -0.15) is 15.2 Å². The van der Waals surface area contributed by atoms with Gasteiger partial charge in [-0.05, 0) is 26.0 Å². The third-order valence-corrected chi connectivity index (χ3v) is 11.2. The minimum absolute atomic E-state index is 0.0468. The highest BCUT2D eigenvalue weighted by Crippen LogP contribution is 2.37. The predicted molar refractivity (Wildman–Crippen MR) is 202 cm³/mol. The second-order valence-electron chi connectivity index (χ2n) is 15.8. The van der Waals surface area contributed by atoms with Gasteiger partial charge >= 0.3 is 12.1 Å². The molecule has 4 aliphatic heterocycles. The highest BCUT2D eigenvalue weighted by atomic mass is 19.2. The van der Waals surface area contributed by atoms with Gasteiger partial charge in [0.15, 0.2) is 41.1 Å². The molecule has 0 bridgehead atoms. The van der Waals surface area contributed by atoms with Crippen molar-refractivity contribution in [2.24, 2.45) is 5.41 Å². The summed E-state index contributed by atoms with van der Waals surface area (Å²) >= 11 is 0. The Hall–Kier alpha value is -6.16. The van der Waals surface area contributed by atoms with E-state index in [1.165, 1.54) is 21.8 Å². The van der Waals surface area contributed by atoms with E-state index in [1.807, 2.05) is 0 Å². The molecule has 22 heteroatoms. The monoisotopic (exact) mass is 860 g/mol. The lowest BCUT2D eigenvalue weighted by atomic mass is 9.91. The number of ether oxygens (including phenoxy) is 1. The zero-order chi connectivity index (χ0) is 44.1. The topological polar surface area (TPSA) is 162 Å². The lowest BCUT2D eigenvalue weighted by molar-refractivity contribution is -0.134. The summed E-state index contributed by atoms with van der Waals surface area (Å²) in [6, 6.07) is 4.11. The Morgan fingerprint density at radius 3 is 2.10 bits per heavy atom. The smallest absolute Gasteiger partial charge is 0.344 e. The molecule has 16 nitrogen and oxygen atoms in total. The molecule has 2 fully saturated rings. The summed E-state index contributed by atoms with van der Waals surface area (Å²) in [6.07, 6.45) is 2.22. The van der Waals surface area contributed by atoms with Gasteiger partial charge in [-0.1, -0.05) is 6.92 Å². The van der Waals surface area contributed by atoms with E-state index >= 15 is 0 Å². The van der Waals surface area contributed by atoms with Crippen molar-refractivity contribution < 1.29 is 55.4 Å². The molecule has 6 amide bonds. The van der Waals surface area contributed by atoms with E-state index in [0.29, 0.717) is 43.0 Å². The van der Waals surface area contributed by atoms with Crippen molar-refractivity contribution in [1.29, 1.82) is 0 Å². The highest BCUT2D eigenvalue weighted by molar-refractivity contribution is 5.96. The molecule has 2 N–H and O–H groups in total. The SMILES string of the molecule is CC1Cn2nccc2CN1C(=O)N(c1cc(F)c(F)c(F)c1)N1CC(C)(CO)CC1=O.CO[C@H]1CC(=O)N(C2c3ccnn3CC(C)N2C(=O)Nc2cc(F)c(F)c(F)c2)C1. The normalized spacial score (nSPS) is 23.5. The van der Waals surface area contributed by atoms with Crippen LogP contribution in [0, 0.1) is 40.3 Å². The number of hydrogen-bond donors (Lipinski definition) is 2. The molecular weight excluding hydrogens is 818 g/mol. The second-order valence-corrected chi connectivity index (χ2v) is 15.8. The first-order valence-electron chi connectivity index (χ1n) is 19.2. The van der Waals surface area contributed by atoms with Crippen LogP contribution in [-0.2, 0) is 34.0 Å². The number of aliphatic hydroxyl groups excluding tert-OH is 1. The minimum atomic E-state index is -1.67. The highest BCUT2D eigenvalue weighted by Gasteiger charge is 2.47. The number of aromatic nitrogens is 4. The van der Waals surface area contributed by atoms with Crippen LogP contribution in [0.3, 0.4) is 0 Å². The molecule has 4 unspecified atom stereocenters. The number of nitrogens with one attached hydrogen (secondary N) is 1. The fraction of sp³-hybridized carbons (Fsp3) is 0.436. The molecule has 2 aromatic carbocycles. The van der Waals surface area contributed by atoms with Crippen LogP contribution in [0.1, 0.15) is 51.2 Å². The van der Waals surface area contributed by atoms with Crippen molar-refractivity contribution in [2.75, 3.05) is 37.1 Å². The van der Waals surface area contributed by atoms with Crippen LogP contribution in [0.25, 0.3) is 0 Å². The summed E-state index contributed by atoms with van der Waals surface area (Å²) in [6.45, 7) is 6.08. The van der Waals surface area contributed by atoms with Crippen LogP contribution < -0.4 is 10.3 Å². The van der Waals surface area contributed by atoms with Crippen LogP contribution in [0.4, 0.5) is 47.3 Å². The molecular formula is C39H42F6N10O6. The molecule has 5 atom stereocenters. The van der Waals surface area contributed by atoms with Crippen molar-refractivity contribution >= 4 is 35.3 Å². The van der Waals surface area contributed by atoms with Gasteiger partial charge in [-0.15, -0.1) is 0 Å². The van der Waals surface area contributed by atoms with Crippen molar-refractivity contribution in [2.45, 2.75) is 77.6 Å². The molecule has 2 saturated heterocycles. The van der Waals surface area contributed by atoms with E-state index in [2.05, 4.69) is 15.5 Å². The van der Waals surface area contributed by atoms with Gasteiger partial charge in [-0.25, -0.2) is 40.9 Å². The van der Waals surface area contributed by atoms with Gasteiger partial charge < -0.3 is 25.0 Å². The van der Waals surface area contributed by atoms with Gasteiger partial charge in [0, 0.05) is 67.8 Å². The fourth-order valence-electron chi connectivity index (χ4n) is 7.95. The summed E-state index contributed by atoms with van der Waals surface area (Å²) in [4.78, 5) is 56.5. The van der Waals surface area contributed by atoms with Crippen LogP contribution in [0.15, 0.2) is 48.8 Å². The second kappa shape index (κ2) is 16.7. The number of hydrogen-bond acceptors (Lipinski definition) is 8. The number of benzene rings is 2. The molecule has 2 aromatic heterocycles. The van der Waals surface area contributed by atoms with Gasteiger partial charge in [0.05, 0.1) is 74.5 Å². The van der Waals surface area contributed by atoms with E-state index in [1.54, 1.807) is 54.7 Å². The lowest BCUT2D eigenvalue weighted by Gasteiger charge is -2.44. The first-order valence-corrected chi connectivity index (χ1v) is 19.2. The Balaban J connectivity index is 0.000000184. The lowest BCUT2D eigenvalue weighted by Crippen LogP contribution is -2.57. The number of nitrogens with zero attached hydrogens (tertiary/aromatic N) is 9. The summed E-state index contributed by atoms with van der Waals surface area (Å²) in [5, 5.41) is 22.5. The van der Waals surface area contributed by atoms with Crippen molar-refractivity contribution in [3.8, 4) is 0 Å². The maximum absolute atomic E-state index is 14.0. The number of likely N-dealkylation sites (tertiary alicyclic amines) is 1. The Morgan fingerprint density at radius 2 is 1.49 bits per heavy atom. The largest absolute Gasteiger partial charge is 0.396 e. The number of rotatable bonds is 6. The van der Waals surface area contributed by atoms with Crippen LogP contribution in [0.5, 0.6) is 0 Å². The molecule has 0 radical (unpaired) electrons. The maximum Gasteiger partial charge on any atom is 0.344 e. The van der Waals surface area contributed by atoms with Gasteiger partial charge in [0.25, 0.3) is 0 Å².